The van der Waals surface area contributed by atoms with E-state index in [0.717, 1.165) is 16.7 Å². The first-order chi connectivity index (χ1) is 17.0. The van der Waals surface area contributed by atoms with E-state index in [0.29, 0.717) is 18.5 Å². The highest BCUT2D eigenvalue weighted by Gasteiger charge is 2.48. The number of phenols is 1. The van der Waals surface area contributed by atoms with Crippen molar-refractivity contribution in [3.63, 3.8) is 0 Å². The maximum Gasteiger partial charge on any atom is 0.251 e. The zero-order valence-corrected chi connectivity index (χ0v) is 22.1. The number of fused-ring (bicyclic) bond motifs is 1. The summed E-state index contributed by atoms with van der Waals surface area (Å²) in [5, 5.41) is 12.5. The van der Waals surface area contributed by atoms with E-state index in [9.17, 15) is 19.5 Å². The van der Waals surface area contributed by atoms with Crippen LogP contribution in [0.1, 0.15) is 22.3 Å². The molecule has 0 aliphatic carbocycles. The van der Waals surface area contributed by atoms with Gasteiger partial charge in [0.2, 0.25) is 5.91 Å². The number of nitrogens with one attached hydrogen (secondary N) is 1. The number of aromatic hydroxyl groups is 1. The third-order valence-electron chi connectivity index (χ3n) is 6.63. The molecule has 2 aliphatic rings. The van der Waals surface area contributed by atoms with E-state index in [1.54, 1.807) is 41.3 Å². The van der Waals surface area contributed by atoms with Gasteiger partial charge >= 0.3 is 0 Å². The molecule has 0 radical (unpaired) electrons. The van der Waals surface area contributed by atoms with Crippen molar-refractivity contribution in [1.29, 1.82) is 0 Å². The molecule has 2 fully saturated rings. The predicted molar refractivity (Wildman–Crippen MR) is 151 cm³/mol. The quantitative estimate of drug-likeness (QED) is 0.503. The van der Waals surface area contributed by atoms with Crippen molar-refractivity contribution in [1.82, 2.24) is 10.2 Å². The number of amides is 2. The highest BCUT2D eigenvalue weighted by Crippen LogP contribution is 2.28. The lowest BCUT2D eigenvalue weighted by molar-refractivity contribution is -0.138. The first-order valence-corrected chi connectivity index (χ1v) is 11.7. The molecule has 0 aromatic heterocycles. The number of rotatable bonds is 6. The molecule has 0 unspecified atom stereocenters. The van der Waals surface area contributed by atoms with E-state index in [1.165, 1.54) is 0 Å². The largest absolute Gasteiger partial charge is 0.508 e. The van der Waals surface area contributed by atoms with Crippen LogP contribution in [0.5, 0.6) is 5.75 Å². The predicted octanol–water partition coefficient (Wildman–Crippen LogP) is 3.19. The fourth-order valence-corrected chi connectivity index (χ4v) is 4.80. The maximum atomic E-state index is 13.6. The number of hydrogen-bond donors (Lipinski definition) is 2. The third-order valence-corrected chi connectivity index (χ3v) is 6.63. The van der Waals surface area contributed by atoms with Crippen LogP contribution in [0.4, 0.5) is 0 Å². The van der Waals surface area contributed by atoms with Gasteiger partial charge in [-0.1, -0.05) is 54.6 Å². The summed E-state index contributed by atoms with van der Waals surface area (Å²) in [5.74, 6) is -0.660. The fourth-order valence-electron chi connectivity index (χ4n) is 4.80. The summed E-state index contributed by atoms with van der Waals surface area (Å²) in [4.78, 5) is 40.6. The second kappa shape index (κ2) is 12.3. The maximum absolute atomic E-state index is 13.6. The van der Waals surface area contributed by atoms with Crippen LogP contribution in [-0.4, -0.2) is 58.9 Å². The van der Waals surface area contributed by atoms with Crippen LogP contribution >= 0.6 is 27.0 Å². The molecular formula is C28H30N2O5S2. The van der Waals surface area contributed by atoms with Crippen LogP contribution in [0.3, 0.4) is 0 Å². The fraction of sp³-hybridized carbons (Fsp3) is 0.250. The molecule has 3 atom stereocenters. The van der Waals surface area contributed by atoms with Gasteiger partial charge in [-0.15, -0.1) is 0 Å². The molecule has 2 aliphatic heterocycles. The molecule has 0 bridgehead atoms. The Balaban J connectivity index is 0.00000190. The van der Waals surface area contributed by atoms with Gasteiger partial charge in [0.15, 0.2) is 5.78 Å². The average Bonchev–Trinajstić information content (AvgIpc) is 3.48. The molecular weight excluding hydrogens is 508 g/mol. The topological polar surface area (TPSA) is 95.9 Å². The van der Waals surface area contributed by atoms with Gasteiger partial charge in [-0.25, -0.2) is 0 Å². The molecule has 0 spiro atoms. The Morgan fingerprint density at radius 1 is 0.946 bits per heavy atom. The number of ether oxygens (including phenoxy) is 1. The van der Waals surface area contributed by atoms with Crippen molar-refractivity contribution in [3.05, 3.63) is 90.0 Å². The number of hydrogen-bond acceptors (Lipinski definition) is 5. The summed E-state index contributed by atoms with van der Waals surface area (Å²) in [6.07, 6.45) is 0.556. The summed E-state index contributed by atoms with van der Waals surface area (Å²) in [6, 6.07) is 22.1. The number of Topliss-reactive ketones (excluding diaryl/α,β-unsaturated/α-hetero) is 1. The van der Waals surface area contributed by atoms with E-state index in [4.69, 9.17) is 4.74 Å². The zero-order valence-electron chi connectivity index (χ0n) is 20.1. The Bertz CT molecular complexity index is 1240. The standard InChI is InChI=1S/C28H26N2O5.2H2S/c31-22-12-6-18(7-13-22)16-23(28(34)30-15-14-25-26(30)24(32)17-35-25)29-27(33)21-10-8-20(9-11-21)19-4-2-1-3-5-19;;/h1-13,23,25-26,31H,14-17H2,(H,29,33);2*1H2/t23-,25+,26+;;/m0../s1. The Kier molecular flexibility index (Phi) is 9.42. The summed E-state index contributed by atoms with van der Waals surface area (Å²) in [7, 11) is 0. The van der Waals surface area contributed by atoms with Crippen LogP contribution in [0.15, 0.2) is 78.9 Å². The van der Waals surface area contributed by atoms with Gasteiger partial charge < -0.3 is 20.1 Å². The highest BCUT2D eigenvalue weighted by atomic mass is 32.1. The lowest BCUT2D eigenvalue weighted by Gasteiger charge is -2.27. The van der Waals surface area contributed by atoms with Crippen molar-refractivity contribution < 1.29 is 24.2 Å². The van der Waals surface area contributed by atoms with Crippen LogP contribution in [-0.2, 0) is 20.7 Å². The zero-order chi connectivity index (χ0) is 24.4. The molecule has 5 rings (SSSR count). The van der Waals surface area contributed by atoms with Crippen molar-refractivity contribution in [2.24, 2.45) is 0 Å². The molecule has 2 amide bonds. The van der Waals surface area contributed by atoms with Gasteiger partial charge in [0, 0.05) is 18.5 Å². The second-order valence-corrected chi connectivity index (χ2v) is 8.92. The number of benzene rings is 3. The van der Waals surface area contributed by atoms with Gasteiger partial charge in [0.05, 0.1) is 6.10 Å². The van der Waals surface area contributed by atoms with Crippen molar-refractivity contribution in [2.45, 2.75) is 31.0 Å². The minimum atomic E-state index is -0.868. The molecule has 3 aromatic carbocycles. The van der Waals surface area contributed by atoms with Crippen molar-refractivity contribution in [2.75, 3.05) is 13.2 Å². The average molecular weight is 539 g/mol. The lowest BCUT2D eigenvalue weighted by atomic mass is 10.0. The van der Waals surface area contributed by atoms with Crippen LogP contribution < -0.4 is 5.32 Å². The number of likely N-dealkylation sites (tertiary alicyclic amines) is 1. The van der Waals surface area contributed by atoms with Gasteiger partial charge in [0.25, 0.3) is 5.91 Å². The second-order valence-electron chi connectivity index (χ2n) is 8.92. The molecule has 0 saturated carbocycles. The molecule has 7 nitrogen and oxygen atoms in total. The molecule has 3 aromatic rings. The van der Waals surface area contributed by atoms with Crippen LogP contribution in [0.25, 0.3) is 11.1 Å². The Hall–Kier alpha value is -3.27. The SMILES string of the molecule is O=C(N[C@@H](Cc1ccc(O)cc1)C(=O)N1CC[C@H]2OCC(=O)[C@H]21)c1ccc(-c2ccccc2)cc1.S.S. The number of ketones is 1. The van der Waals surface area contributed by atoms with E-state index in [1.807, 2.05) is 42.5 Å². The summed E-state index contributed by atoms with van der Waals surface area (Å²) in [6.45, 7) is 0.426. The number of carbonyl (C=O) groups is 3. The van der Waals surface area contributed by atoms with E-state index in [-0.39, 0.29) is 69.5 Å². The molecule has 9 heteroatoms. The van der Waals surface area contributed by atoms with Crippen LogP contribution in [0.2, 0.25) is 0 Å². The van der Waals surface area contributed by atoms with Crippen molar-refractivity contribution >= 4 is 44.6 Å². The summed E-state index contributed by atoms with van der Waals surface area (Å²) in [5.41, 5.74) is 3.26. The van der Waals surface area contributed by atoms with E-state index in [2.05, 4.69) is 5.32 Å². The minimum Gasteiger partial charge on any atom is -0.508 e. The normalized spacial score (nSPS) is 18.8. The van der Waals surface area contributed by atoms with E-state index >= 15 is 0 Å². The monoisotopic (exact) mass is 538 g/mol. The van der Waals surface area contributed by atoms with E-state index < -0.39 is 12.1 Å². The number of phenolic OH excluding ortho intramolecular Hbond substituents is 1. The van der Waals surface area contributed by atoms with Gasteiger partial charge in [-0.2, -0.15) is 27.0 Å². The molecule has 37 heavy (non-hydrogen) atoms. The molecule has 194 valence electrons. The van der Waals surface area contributed by atoms with Crippen LogP contribution in [0, 0.1) is 0 Å². The van der Waals surface area contributed by atoms with Gasteiger partial charge in [-0.05, 0) is 47.4 Å². The highest BCUT2D eigenvalue weighted by molar-refractivity contribution is 7.59. The third kappa shape index (κ3) is 6.18. The smallest absolute Gasteiger partial charge is 0.251 e. The van der Waals surface area contributed by atoms with Crippen molar-refractivity contribution in [3.8, 4) is 16.9 Å². The Morgan fingerprint density at radius 2 is 1.59 bits per heavy atom. The summed E-state index contributed by atoms with van der Waals surface area (Å²) >= 11 is 0. The lowest BCUT2D eigenvalue weighted by Crippen LogP contribution is -2.53. The van der Waals surface area contributed by atoms with Gasteiger partial charge in [-0.3, -0.25) is 14.4 Å². The number of carbonyl (C=O) groups excluding carboxylic acids is 3. The minimum absolute atomic E-state index is 0. The number of nitrogens with zero attached hydrogens (tertiary/aromatic N) is 1. The Labute approximate surface area is 229 Å². The molecule has 2 heterocycles. The molecule has 2 saturated heterocycles. The van der Waals surface area contributed by atoms with Gasteiger partial charge in [0.1, 0.15) is 24.4 Å². The first kappa shape index (κ1) is 28.3. The summed E-state index contributed by atoms with van der Waals surface area (Å²) < 4.78 is 5.52. The first-order valence-electron chi connectivity index (χ1n) is 11.7. The molecule has 2 N–H and O–H groups in total. The Morgan fingerprint density at radius 3 is 2.27 bits per heavy atom.